The first-order valence-corrected chi connectivity index (χ1v) is 8.76. The smallest absolute Gasteiger partial charge is 0.266 e. The van der Waals surface area contributed by atoms with E-state index in [1.807, 2.05) is 6.07 Å². The van der Waals surface area contributed by atoms with E-state index in [9.17, 15) is 13.2 Å². The van der Waals surface area contributed by atoms with E-state index in [1.54, 1.807) is 48.5 Å². The Hall–Kier alpha value is -2.38. The van der Waals surface area contributed by atoms with Gasteiger partial charge in [-0.05, 0) is 17.7 Å². The van der Waals surface area contributed by atoms with Gasteiger partial charge in [-0.3, -0.25) is 4.79 Å². The van der Waals surface area contributed by atoms with Crippen molar-refractivity contribution in [1.82, 2.24) is 4.72 Å². The van der Waals surface area contributed by atoms with E-state index in [1.165, 1.54) is 0 Å². The van der Waals surface area contributed by atoms with Gasteiger partial charge in [0.05, 0.1) is 18.0 Å². The summed E-state index contributed by atoms with van der Waals surface area (Å²) in [6.07, 6.45) is -0.893. The highest BCUT2D eigenvalue weighted by atomic mass is 32.2. The van der Waals surface area contributed by atoms with Crippen LogP contribution >= 0.6 is 0 Å². The number of sulfonamides is 1. The van der Waals surface area contributed by atoms with Gasteiger partial charge < -0.3 is 10.1 Å². The Morgan fingerprint density at radius 1 is 1.04 bits per heavy atom. The molecule has 2 aromatic rings. The standard InChI is InChI=1S/C16H16N2O4S/c19-16-15(22-14-9-5-4-8-13(14)18-16)10-17-23(20,21)11-12-6-2-1-3-7-12/h1-9,15,17H,10-11H2,(H,18,19). The van der Waals surface area contributed by atoms with Crippen LogP contribution in [0.4, 0.5) is 5.69 Å². The maximum absolute atomic E-state index is 12.1. The van der Waals surface area contributed by atoms with Gasteiger partial charge >= 0.3 is 0 Å². The first-order valence-electron chi connectivity index (χ1n) is 7.11. The molecule has 1 atom stereocenters. The van der Waals surface area contributed by atoms with E-state index in [4.69, 9.17) is 4.74 Å². The van der Waals surface area contributed by atoms with Crippen molar-refractivity contribution in [1.29, 1.82) is 0 Å². The number of hydrogen-bond donors (Lipinski definition) is 2. The lowest BCUT2D eigenvalue weighted by atomic mass is 10.2. The van der Waals surface area contributed by atoms with Gasteiger partial charge in [0.15, 0.2) is 6.10 Å². The molecule has 0 aliphatic carbocycles. The highest BCUT2D eigenvalue weighted by Crippen LogP contribution is 2.28. The number of nitrogens with one attached hydrogen (secondary N) is 2. The predicted molar refractivity (Wildman–Crippen MR) is 86.6 cm³/mol. The van der Waals surface area contributed by atoms with Crippen LogP contribution in [-0.4, -0.2) is 27.0 Å². The summed E-state index contributed by atoms with van der Waals surface area (Å²) >= 11 is 0. The van der Waals surface area contributed by atoms with Gasteiger partial charge in [0.25, 0.3) is 5.91 Å². The van der Waals surface area contributed by atoms with E-state index in [0.29, 0.717) is 17.0 Å². The third kappa shape index (κ3) is 3.88. The maximum atomic E-state index is 12.1. The molecule has 7 heteroatoms. The number of rotatable bonds is 5. The molecule has 1 amide bonds. The van der Waals surface area contributed by atoms with Gasteiger partial charge in [-0.25, -0.2) is 13.1 Å². The molecule has 0 saturated carbocycles. The number of anilines is 1. The number of benzene rings is 2. The number of para-hydroxylation sites is 2. The fourth-order valence-corrected chi connectivity index (χ4v) is 3.41. The summed E-state index contributed by atoms with van der Waals surface area (Å²) in [5.74, 6) is 0.0177. The van der Waals surface area contributed by atoms with Crippen molar-refractivity contribution in [3.63, 3.8) is 0 Å². The van der Waals surface area contributed by atoms with Crippen LogP contribution in [0.2, 0.25) is 0 Å². The van der Waals surface area contributed by atoms with Crippen molar-refractivity contribution >= 4 is 21.6 Å². The molecule has 0 fully saturated rings. The number of carbonyl (C=O) groups is 1. The quantitative estimate of drug-likeness (QED) is 0.869. The third-order valence-corrected chi connectivity index (χ3v) is 4.71. The van der Waals surface area contributed by atoms with Crippen molar-refractivity contribution in [3.8, 4) is 5.75 Å². The minimum absolute atomic E-state index is 0.116. The number of fused-ring (bicyclic) bond motifs is 1. The lowest BCUT2D eigenvalue weighted by Gasteiger charge is -2.25. The molecule has 3 rings (SSSR count). The second-order valence-electron chi connectivity index (χ2n) is 5.19. The van der Waals surface area contributed by atoms with Gasteiger partial charge in [-0.2, -0.15) is 0 Å². The van der Waals surface area contributed by atoms with E-state index in [-0.39, 0.29) is 18.2 Å². The van der Waals surface area contributed by atoms with Crippen molar-refractivity contribution in [2.45, 2.75) is 11.9 Å². The molecule has 0 aromatic heterocycles. The van der Waals surface area contributed by atoms with Crippen molar-refractivity contribution < 1.29 is 17.9 Å². The SMILES string of the molecule is O=C1Nc2ccccc2OC1CNS(=O)(=O)Cc1ccccc1. The first kappa shape index (κ1) is 15.5. The van der Waals surface area contributed by atoms with Crippen LogP contribution in [0.15, 0.2) is 54.6 Å². The summed E-state index contributed by atoms with van der Waals surface area (Å²) < 4.78 is 32.2. The van der Waals surface area contributed by atoms with Crippen molar-refractivity contribution in [2.75, 3.05) is 11.9 Å². The number of ether oxygens (including phenoxy) is 1. The summed E-state index contributed by atoms with van der Waals surface area (Å²) in [6.45, 7) is -0.116. The van der Waals surface area contributed by atoms with Gasteiger partial charge in [-0.15, -0.1) is 0 Å². The van der Waals surface area contributed by atoms with Crippen LogP contribution in [0.5, 0.6) is 5.75 Å². The second-order valence-corrected chi connectivity index (χ2v) is 6.99. The number of amides is 1. The zero-order chi connectivity index (χ0) is 16.3. The molecule has 0 bridgehead atoms. The van der Waals surface area contributed by atoms with Gasteiger partial charge in [-0.1, -0.05) is 42.5 Å². The molecule has 120 valence electrons. The summed E-state index contributed by atoms with van der Waals surface area (Å²) in [5, 5.41) is 2.70. The van der Waals surface area contributed by atoms with Gasteiger partial charge in [0, 0.05) is 0 Å². The fourth-order valence-electron chi connectivity index (χ4n) is 2.27. The highest BCUT2D eigenvalue weighted by Gasteiger charge is 2.28. The molecule has 1 heterocycles. The maximum Gasteiger partial charge on any atom is 0.266 e. The molecule has 2 aromatic carbocycles. The summed E-state index contributed by atoms with van der Waals surface area (Å²) in [5.41, 5.74) is 1.26. The Labute approximate surface area is 134 Å². The van der Waals surface area contributed by atoms with Crippen LogP contribution in [0.1, 0.15) is 5.56 Å². The minimum atomic E-state index is -3.54. The van der Waals surface area contributed by atoms with E-state index >= 15 is 0 Å². The fraction of sp³-hybridized carbons (Fsp3) is 0.188. The molecule has 1 unspecified atom stereocenters. The second kappa shape index (κ2) is 6.39. The molecular weight excluding hydrogens is 316 g/mol. The molecule has 0 radical (unpaired) electrons. The Morgan fingerprint density at radius 2 is 1.74 bits per heavy atom. The molecule has 1 aliphatic heterocycles. The molecule has 23 heavy (non-hydrogen) atoms. The van der Waals surface area contributed by atoms with Crippen LogP contribution in [0, 0.1) is 0 Å². The van der Waals surface area contributed by atoms with Crippen molar-refractivity contribution in [2.24, 2.45) is 0 Å². The van der Waals surface area contributed by atoms with E-state index in [2.05, 4.69) is 10.0 Å². The van der Waals surface area contributed by atoms with Gasteiger partial charge in [0.2, 0.25) is 10.0 Å². The van der Waals surface area contributed by atoms with Gasteiger partial charge in [0.1, 0.15) is 5.75 Å². The number of hydrogen-bond acceptors (Lipinski definition) is 4. The van der Waals surface area contributed by atoms with E-state index in [0.717, 1.165) is 0 Å². The topological polar surface area (TPSA) is 84.5 Å². The lowest BCUT2D eigenvalue weighted by molar-refractivity contribution is -0.123. The van der Waals surface area contributed by atoms with E-state index < -0.39 is 16.1 Å². The molecule has 0 spiro atoms. The Bertz CT molecular complexity index is 806. The molecule has 1 aliphatic rings. The summed E-state index contributed by atoms with van der Waals surface area (Å²) in [4.78, 5) is 12.0. The molecule has 0 saturated heterocycles. The average molecular weight is 332 g/mol. The number of carbonyl (C=O) groups excluding carboxylic acids is 1. The third-order valence-electron chi connectivity index (χ3n) is 3.39. The monoisotopic (exact) mass is 332 g/mol. The van der Waals surface area contributed by atoms with Crippen LogP contribution in [-0.2, 0) is 20.6 Å². The Balaban J connectivity index is 1.63. The highest BCUT2D eigenvalue weighted by molar-refractivity contribution is 7.88. The van der Waals surface area contributed by atoms with Crippen LogP contribution in [0.25, 0.3) is 0 Å². The zero-order valence-electron chi connectivity index (χ0n) is 12.2. The minimum Gasteiger partial charge on any atom is -0.477 e. The van der Waals surface area contributed by atoms with Crippen LogP contribution in [0.3, 0.4) is 0 Å². The van der Waals surface area contributed by atoms with Crippen molar-refractivity contribution in [3.05, 3.63) is 60.2 Å². The molecule has 2 N–H and O–H groups in total. The normalized spacial score (nSPS) is 17.0. The summed E-state index contributed by atoms with van der Waals surface area (Å²) in [7, 11) is -3.54. The first-order chi connectivity index (χ1) is 11.0. The predicted octanol–water partition coefficient (Wildman–Crippen LogP) is 1.51. The Morgan fingerprint density at radius 3 is 2.52 bits per heavy atom. The average Bonchev–Trinajstić information content (AvgIpc) is 2.53. The molecular formula is C16H16N2O4S. The lowest BCUT2D eigenvalue weighted by Crippen LogP contribution is -2.45. The zero-order valence-corrected chi connectivity index (χ0v) is 13.0. The molecule has 6 nitrogen and oxygen atoms in total. The largest absolute Gasteiger partial charge is 0.477 e. The Kier molecular flexibility index (Phi) is 4.31. The summed E-state index contributed by atoms with van der Waals surface area (Å²) in [6, 6.07) is 15.9. The van der Waals surface area contributed by atoms with Crippen LogP contribution < -0.4 is 14.8 Å².